The molecule has 0 aliphatic heterocycles. The fraction of sp³-hybridized carbons (Fsp3) is 0.778. The molecule has 0 bridgehead atoms. The number of amides is 1. The molecule has 19 heavy (non-hydrogen) atoms. The maximum Gasteiger partial charge on any atom is 0.409 e. The minimum Gasteiger partial charge on any atom is -0.480 e. The van der Waals surface area contributed by atoms with Crippen molar-refractivity contribution in [1.29, 1.82) is 0 Å². The molecule has 1 unspecified atom stereocenters. The van der Waals surface area contributed by atoms with Gasteiger partial charge in [-0.05, 0) is 6.42 Å². The Balaban J connectivity index is 5.40. The van der Waals surface area contributed by atoms with E-state index >= 15 is 0 Å². The van der Waals surface area contributed by atoms with Gasteiger partial charge in [0, 0.05) is 7.05 Å². The highest BCUT2D eigenvalue weighted by molar-refractivity contribution is 5.85. The molecule has 0 aromatic rings. The lowest BCUT2D eigenvalue weighted by molar-refractivity contribution is -0.277. The molecule has 0 rings (SSSR count). The predicted octanol–water partition coefficient (Wildman–Crippen LogP) is 2.05. The second kappa shape index (κ2) is 5.66. The van der Waals surface area contributed by atoms with E-state index < -0.39 is 36.2 Å². The van der Waals surface area contributed by atoms with Gasteiger partial charge in [0.1, 0.15) is 6.04 Å². The summed E-state index contributed by atoms with van der Waals surface area (Å²) < 4.78 is 73.7. The summed E-state index contributed by atoms with van der Waals surface area (Å²) in [5.74, 6) is -8.24. The van der Waals surface area contributed by atoms with E-state index in [1.54, 1.807) is 0 Å². The number of carboxylic acids is 1. The number of rotatable bonds is 4. The van der Waals surface area contributed by atoms with Crippen molar-refractivity contribution in [1.82, 2.24) is 4.90 Å². The third-order valence-electron chi connectivity index (χ3n) is 2.39. The summed E-state index contributed by atoms with van der Waals surface area (Å²) in [5.41, 5.74) is 0. The van der Waals surface area contributed by atoms with Crippen molar-refractivity contribution in [2.45, 2.75) is 31.7 Å². The van der Waals surface area contributed by atoms with Crippen molar-refractivity contribution in [3.05, 3.63) is 0 Å². The molecule has 10 heteroatoms. The first-order valence-corrected chi connectivity index (χ1v) is 4.96. The largest absolute Gasteiger partial charge is 0.480 e. The molecular weight excluding hydrogens is 284 g/mol. The van der Waals surface area contributed by atoms with Gasteiger partial charge in [-0.15, -0.1) is 0 Å². The molecule has 4 nitrogen and oxygen atoms in total. The molecule has 0 aliphatic rings. The van der Waals surface area contributed by atoms with E-state index in [4.69, 9.17) is 5.11 Å². The van der Waals surface area contributed by atoms with Crippen molar-refractivity contribution in [3.63, 3.8) is 0 Å². The highest BCUT2D eigenvalue weighted by Gasteiger charge is 2.62. The van der Waals surface area contributed by atoms with E-state index in [9.17, 15) is 35.9 Å². The third kappa shape index (κ3) is 4.28. The molecule has 1 atom stereocenters. The number of carbonyl (C=O) groups excluding carboxylic acids is 1. The van der Waals surface area contributed by atoms with Gasteiger partial charge in [0.05, 0.1) is 0 Å². The van der Waals surface area contributed by atoms with Crippen molar-refractivity contribution < 1.29 is 41.0 Å². The lowest BCUT2D eigenvalue weighted by atomic mass is 10.1. The zero-order valence-corrected chi connectivity index (χ0v) is 9.84. The van der Waals surface area contributed by atoms with E-state index in [-0.39, 0.29) is 11.3 Å². The Kier molecular flexibility index (Phi) is 5.22. The first-order valence-electron chi connectivity index (χ1n) is 4.96. The average Bonchev–Trinajstić information content (AvgIpc) is 2.12. The average molecular weight is 295 g/mol. The fourth-order valence-corrected chi connectivity index (χ4v) is 1.44. The van der Waals surface area contributed by atoms with Crippen LogP contribution in [0.3, 0.4) is 0 Å². The van der Waals surface area contributed by atoms with Crippen LogP contribution in [0, 0.1) is 5.92 Å². The van der Waals surface area contributed by atoms with Crippen molar-refractivity contribution in [2.24, 2.45) is 5.92 Å². The summed E-state index contributed by atoms with van der Waals surface area (Å²) >= 11 is 0. The molecule has 112 valence electrons. The number of carboxylic acid groups (broad SMARTS) is 1. The lowest BCUT2D eigenvalue weighted by Gasteiger charge is -2.30. The number of hydrogen-bond donors (Lipinski definition) is 1. The van der Waals surface area contributed by atoms with Gasteiger partial charge in [0.25, 0.3) is 0 Å². The van der Waals surface area contributed by atoms with Crippen LogP contribution in [0.5, 0.6) is 0 Å². The first-order chi connectivity index (χ1) is 8.34. The van der Waals surface area contributed by atoms with Gasteiger partial charge in [0.2, 0.25) is 11.8 Å². The smallest absolute Gasteiger partial charge is 0.409 e. The Bertz CT molecular complexity index is 337. The topological polar surface area (TPSA) is 57.6 Å². The number of carbonyl (C=O) groups is 2. The summed E-state index contributed by atoms with van der Waals surface area (Å²) in [6.07, 6.45) is -12.0. The van der Waals surface area contributed by atoms with Gasteiger partial charge in [-0.2, -0.15) is 26.3 Å². The molecule has 1 amide bonds. The van der Waals surface area contributed by atoms with Crippen LogP contribution in [0.25, 0.3) is 0 Å². The standard InChI is InChI=1S/C9H11F6NO3/c1-3-4(7(18)19)16(2)6(17)5(8(10,11)12)9(13,14)15/h4-5H,3H2,1-2H3,(H,18,19). The molecule has 0 aliphatic carbocycles. The first kappa shape index (κ1) is 17.5. The maximum absolute atomic E-state index is 12.3. The maximum atomic E-state index is 12.3. The molecule has 0 radical (unpaired) electrons. The van der Waals surface area contributed by atoms with Crippen LogP contribution in [0.1, 0.15) is 13.3 Å². The quantitative estimate of drug-likeness (QED) is 0.808. The summed E-state index contributed by atoms with van der Waals surface area (Å²) in [5, 5.41) is 8.62. The molecule has 0 saturated carbocycles. The molecule has 1 N–H and O–H groups in total. The van der Waals surface area contributed by atoms with Gasteiger partial charge in [-0.25, -0.2) is 4.79 Å². The van der Waals surface area contributed by atoms with E-state index in [2.05, 4.69) is 0 Å². The highest BCUT2D eigenvalue weighted by Crippen LogP contribution is 2.40. The van der Waals surface area contributed by atoms with Crippen LogP contribution in [-0.4, -0.2) is 47.3 Å². The van der Waals surface area contributed by atoms with E-state index in [0.29, 0.717) is 7.05 Å². The van der Waals surface area contributed by atoms with Crippen LogP contribution in [-0.2, 0) is 9.59 Å². The Morgan fingerprint density at radius 2 is 1.47 bits per heavy atom. The Morgan fingerprint density at radius 3 is 1.68 bits per heavy atom. The van der Waals surface area contributed by atoms with E-state index in [1.165, 1.54) is 6.92 Å². The minimum absolute atomic E-state index is 0.0476. The van der Waals surface area contributed by atoms with Gasteiger partial charge in [-0.3, -0.25) is 4.79 Å². The van der Waals surface area contributed by atoms with Gasteiger partial charge in [-0.1, -0.05) is 6.92 Å². The van der Waals surface area contributed by atoms with Crippen molar-refractivity contribution in [2.75, 3.05) is 7.05 Å². The normalized spacial score (nSPS) is 14.4. The molecular formula is C9H11F6NO3. The fourth-order valence-electron chi connectivity index (χ4n) is 1.44. The number of likely N-dealkylation sites (N-methyl/N-ethyl adjacent to an activating group) is 1. The monoisotopic (exact) mass is 295 g/mol. The van der Waals surface area contributed by atoms with Crippen molar-refractivity contribution >= 4 is 11.9 Å². The second-order valence-corrected chi connectivity index (χ2v) is 3.73. The number of hydrogen-bond acceptors (Lipinski definition) is 2. The summed E-state index contributed by atoms with van der Waals surface area (Å²) in [7, 11) is 0.592. The zero-order chi connectivity index (χ0) is 15.6. The SMILES string of the molecule is CCC(C(=O)O)N(C)C(=O)C(C(F)(F)F)C(F)(F)F. The van der Waals surface area contributed by atoms with Crippen LogP contribution < -0.4 is 0 Å². The van der Waals surface area contributed by atoms with Crippen LogP contribution in [0.2, 0.25) is 0 Å². The van der Waals surface area contributed by atoms with Gasteiger partial charge >= 0.3 is 18.3 Å². The molecule has 0 aromatic heterocycles. The number of halogens is 6. The van der Waals surface area contributed by atoms with E-state index in [1.807, 2.05) is 0 Å². The van der Waals surface area contributed by atoms with Crippen molar-refractivity contribution in [3.8, 4) is 0 Å². The van der Waals surface area contributed by atoms with Gasteiger partial charge < -0.3 is 10.0 Å². The number of aliphatic carboxylic acids is 1. The number of alkyl halides is 6. The van der Waals surface area contributed by atoms with Crippen LogP contribution >= 0.6 is 0 Å². The Morgan fingerprint density at radius 1 is 1.11 bits per heavy atom. The molecule has 0 spiro atoms. The van der Waals surface area contributed by atoms with Crippen LogP contribution in [0.15, 0.2) is 0 Å². The summed E-state index contributed by atoms with van der Waals surface area (Å²) in [4.78, 5) is 21.9. The highest BCUT2D eigenvalue weighted by atomic mass is 19.4. The van der Waals surface area contributed by atoms with Gasteiger partial charge in [0.15, 0.2) is 0 Å². The van der Waals surface area contributed by atoms with Crippen LogP contribution in [0.4, 0.5) is 26.3 Å². The lowest BCUT2D eigenvalue weighted by Crippen LogP contribution is -2.52. The summed E-state index contributed by atoms with van der Waals surface area (Å²) in [6, 6.07) is -1.75. The Labute approximate surface area is 104 Å². The predicted molar refractivity (Wildman–Crippen MR) is 50.1 cm³/mol. The summed E-state index contributed by atoms with van der Waals surface area (Å²) in [6.45, 7) is 1.22. The third-order valence-corrected chi connectivity index (χ3v) is 2.39. The second-order valence-electron chi connectivity index (χ2n) is 3.73. The molecule has 0 saturated heterocycles. The minimum atomic E-state index is -5.83. The molecule has 0 fully saturated rings. The zero-order valence-electron chi connectivity index (χ0n) is 9.84. The Hall–Kier alpha value is -1.48. The molecule has 0 aromatic carbocycles. The number of nitrogens with zero attached hydrogens (tertiary/aromatic N) is 1. The van der Waals surface area contributed by atoms with E-state index in [0.717, 1.165) is 0 Å². The molecule has 0 heterocycles.